The SMILES string of the molecule is CCCN1C(=O)[C@H]2[C@H](CC=C3[C@H]2C[C@H]2C(=O)N(Nc4ncc(C(F)(F)F)cc4Cl)C(=O)[C@@]2(c2ccc(Cl)cc2)[C@H]3c2c(O)ccc3ccccc23)C1=O. The minimum Gasteiger partial charge on any atom is -0.508 e. The van der Waals surface area contributed by atoms with Crippen LogP contribution in [0.5, 0.6) is 5.75 Å². The summed E-state index contributed by atoms with van der Waals surface area (Å²) in [6, 6.07) is 17.6. The quantitative estimate of drug-likeness (QED) is 0.153. The summed E-state index contributed by atoms with van der Waals surface area (Å²) in [6.07, 6.45) is -1.57. The lowest BCUT2D eigenvalue weighted by Crippen LogP contribution is -2.53. The van der Waals surface area contributed by atoms with Gasteiger partial charge in [-0.05, 0) is 65.8 Å². The van der Waals surface area contributed by atoms with Crippen LogP contribution in [0.1, 0.15) is 48.8 Å². The van der Waals surface area contributed by atoms with Crippen molar-refractivity contribution in [1.29, 1.82) is 0 Å². The fourth-order valence-electron chi connectivity index (χ4n) is 9.19. The van der Waals surface area contributed by atoms with Crippen molar-refractivity contribution in [1.82, 2.24) is 14.9 Å². The molecule has 3 heterocycles. The number of carbonyl (C=O) groups is 4. The van der Waals surface area contributed by atoms with Crippen LogP contribution in [0.3, 0.4) is 0 Å². The van der Waals surface area contributed by atoms with Crippen molar-refractivity contribution in [2.75, 3.05) is 12.0 Å². The highest BCUT2D eigenvalue weighted by molar-refractivity contribution is 6.33. The van der Waals surface area contributed by atoms with Crippen molar-refractivity contribution in [3.05, 3.63) is 111 Å². The predicted molar refractivity (Wildman–Crippen MR) is 189 cm³/mol. The number of amides is 4. The maximum atomic E-state index is 15.4. The maximum Gasteiger partial charge on any atom is 0.417 e. The van der Waals surface area contributed by atoms with Gasteiger partial charge < -0.3 is 5.11 Å². The van der Waals surface area contributed by atoms with Gasteiger partial charge in [-0.2, -0.15) is 18.2 Å². The fourth-order valence-corrected chi connectivity index (χ4v) is 9.53. The van der Waals surface area contributed by atoms with E-state index >= 15 is 4.79 Å². The molecule has 53 heavy (non-hydrogen) atoms. The highest BCUT2D eigenvalue weighted by atomic mass is 35.5. The second-order valence-electron chi connectivity index (χ2n) is 14.0. The van der Waals surface area contributed by atoms with Crippen LogP contribution in [-0.2, 0) is 30.8 Å². The van der Waals surface area contributed by atoms with E-state index in [-0.39, 0.29) is 42.8 Å². The first-order valence-electron chi connectivity index (χ1n) is 17.2. The number of likely N-dealkylation sites (tertiary alicyclic amines) is 1. The molecule has 1 saturated carbocycles. The van der Waals surface area contributed by atoms with Crippen LogP contribution in [0.4, 0.5) is 19.0 Å². The second kappa shape index (κ2) is 12.6. The average Bonchev–Trinajstić information content (AvgIpc) is 3.50. The number of nitrogens with one attached hydrogen (secondary N) is 1. The van der Waals surface area contributed by atoms with Crippen molar-refractivity contribution in [3.8, 4) is 5.75 Å². The van der Waals surface area contributed by atoms with E-state index in [9.17, 15) is 32.7 Å². The van der Waals surface area contributed by atoms with Crippen LogP contribution in [0.25, 0.3) is 10.8 Å². The van der Waals surface area contributed by atoms with E-state index in [0.717, 1.165) is 10.4 Å². The Hall–Kier alpha value is -4.94. The molecule has 4 aromatic rings. The first-order chi connectivity index (χ1) is 25.3. The maximum absolute atomic E-state index is 15.4. The number of phenols is 1. The lowest BCUT2D eigenvalue weighted by molar-refractivity contribution is -0.141. The van der Waals surface area contributed by atoms with Crippen molar-refractivity contribution in [3.63, 3.8) is 0 Å². The van der Waals surface area contributed by atoms with Crippen molar-refractivity contribution >= 4 is 63.4 Å². The van der Waals surface area contributed by atoms with E-state index in [1.54, 1.807) is 42.5 Å². The lowest BCUT2D eigenvalue weighted by Gasteiger charge is -2.51. The van der Waals surface area contributed by atoms with Gasteiger partial charge in [0.2, 0.25) is 11.8 Å². The third kappa shape index (κ3) is 5.16. The fraction of sp³-hybridized carbons (Fsp3) is 0.308. The second-order valence-corrected chi connectivity index (χ2v) is 14.8. The summed E-state index contributed by atoms with van der Waals surface area (Å²) in [6.45, 7) is 2.11. The molecule has 14 heteroatoms. The largest absolute Gasteiger partial charge is 0.508 e. The number of carbonyl (C=O) groups excluding carboxylic acids is 4. The third-order valence-corrected chi connectivity index (χ3v) is 11.9. The van der Waals surface area contributed by atoms with Gasteiger partial charge in [0.15, 0.2) is 5.82 Å². The summed E-state index contributed by atoms with van der Waals surface area (Å²) < 4.78 is 40.4. The number of aromatic nitrogens is 1. The molecule has 6 atom stereocenters. The number of anilines is 1. The number of phenolic OH excluding ortho intramolecular Hbond substituents is 1. The molecule has 9 nitrogen and oxygen atoms in total. The van der Waals surface area contributed by atoms with Gasteiger partial charge in [0, 0.05) is 29.2 Å². The van der Waals surface area contributed by atoms with E-state index in [1.165, 1.54) is 11.0 Å². The summed E-state index contributed by atoms with van der Waals surface area (Å²) >= 11 is 12.6. The van der Waals surface area contributed by atoms with Gasteiger partial charge in [-0.25, -0.2) is 4.98 Å². The number of nitrogens with zero attached hydrogens (tertiary/aromatic N) is 3. The first-order valence-corrected chi connectivity index (χ1v) is 17.9. The molecule has 2 N–H and O–H groups in total. The molecule has 272 valence electrons. The standard InChI is InChI=1S/C39H31Cl2F3N4O5/c1-2-15-47-34(50)25-13-12-24-26(30(25)36(47)52)17-27-35(51)48(46-33-28(41)16-21(18-45-33)39(42,43)44)37(53)38(27,20-8-10-22(40)11-9-20)32(24)31-23-6-4-3-5-19(23)7-14-29(31)49/h3-12,14,16,18,25-27,30,32,49H,2,13,15,17H2,1H3,(H,45,46)/t25-,26+,27-,30-,32+,38+/m0/s1. The zero-order chi connectivity index (χ0) is 37.6. The molecule has 1 aromatic heterocycles. The molecule has 4 amide bonds. The molecule has 0 spiro atoms. The number of hydrogen-bond donors (Lipinski definition) is 2. The summed E-state index contributed by atoms with van der Waals surface area (Å²) in [7, 11) is 0. The Morgan fingerprint density at radius 2 is 1.70 bits per heavy atom. The molecule has 2 aliphatic carbocycles. The highest BCUT2D eigenvalue weighted by Crippen LogP contribution is 2.65. The molecule has 3 fully saturated rings. The van der Waals surface area contributed by atoms with Crippen molar-refractivity contribution in [2.24, 2.45) is 23.7 Å². The molecule has 3 aromatic carbocycles. The summed E-state index contributed by atoms with van der Waals surface area (Å²) in [5.41, 5.74) is 1.11. The molecule has 8 rings (SSSR count). The van der Waals surface area contributed by atoms with E-state index in [2.05, 4.69) is 10.4 Å². The van der Waals surface area contributed by atoms with Gasteiger partial charge in [0.05, 0.1) is 33.8 Å². The van der Waals surface area contributed by atoms with E-state index in [1.807, 2.05) is 25.1 Å². The highest BCUT2D eigenvalue weighted by Gasteiger charge is 2.71. The van der Waals surface area contributed by atoms with Crippen LogP contribution in [0.15, 0.2) is 84.6 Å². The number of hydrazine groups is 1. The minimum atomic E-state index is -4.75. The topological polar surface area (TPSA) is 120 Å². The number of rotatable bonds is 6. The number of halogens is 5. The van der Waals surface area contributed by atoms with Crippen molar-refractivity contribution < 1.29 is 37.5 Å². The van der Waals surface area contributed by atoms with Crippen molar-refractivity contribution in [2.45, 2.75) is 43.7 Å². The van der Waals surface area contributed by atoms with Crippen LogP contribution >= 0.6 is 23.2 Å². The van der Waals surface area contributed by atoms with Crippen LogP contribution in [0, 0.1) is 23.7 Å². The Labute approximate surface area is 311 Å². The number of benzene rings is 3. The van der Waals surface area contributed by atoms with Crippen LogP contribution in [-0.4, -0.2) is 50.2 Å². The van der Waals surface area contributed by atoms with Gasteiger partial charge in [0.1, 0.15) is 5.75 Å². The number of hydrogen-bond acceptors (Lipinski definition) is 7. The van der Waals surface area contributed by atoms with Gasteiger partial charge in [-0.15, -0.1) is 0 Å². The van der Waals surface area contributed by atoms with Crippen LogP contribution < -0.4 is 5.43 Å². The zero-order valence-electron chi connectivity index (χ0n) is 28.0. The molecule has 0 bridgehead atoms. The third-order valence-electron chi connectivity index (χ3n) is 11.3. The molecule has 4 aliphatic rings. The van der Waals surface area contributed by atoms with Gasteiger partial charge in [0.25, 0.3) is 11.8 Å². The normalized spacial score (nSPS) is 26.8. The average molecular weight is 764 g/mol. The minimum absolute atomic E-state index is 0.0203. The molecule has 0 unspecified atom stereocenters. The molecule has 2 saturated heterocycles. The predicted octanol–water partition coefficient (Wildman–Crippen LogP) is 7.66. The molecular weight excluding hydrogens is 732 g/mol. The smallest absolute Gasteiger partial charge is 0.417 e. The number of pyridine rings is 1. The first kappa shape index (κ1) is 35.1. The number of aromatic hydroxyl groups is 1. The number of fused-ring (bicyclic) bond motifs is 5. The van der Waals surface area contributed by atoms with Crippen LogP contribution in [0.2, 0.25) is 10.0 Å². The Kier molecular flexibility index (Phi) is 8.34. The molecular formula is C39H31Cl2F3N4O5. The van der Waals surface area contributed by atoms with E-state index in [0.29, 0.717) is 45.8 Å². The summed E-state index contributed by atoms with van der Waals surface area (Å²) in [5.74, 6) is -7.04. The van der Waals surface area contributed by atoms with E-state index in [4.69, 9.17) is 23.2 Å². The summed E-state index contributed by atoms with van der Waals surface area (Å²) in [4.78, 5) is 63.1. The Balaban J connectivity index is 1.38. The number of imide groups is 2. The number of allylic oxidation sites excluding steroid dienone is 2. The van der Waals surface area contributed by atoms with Gasteiger partial charge in [-0.3, -0.25) is 29.5 Å². The Bertz CT molecular complexity index is 2260. The lowest BCUT2D eigenvalue weighted by atomic mass is 9.48. The monoisotopic (exact) mass is 762 g/mol. The van der Waals surface area contributed by atoms with Gasteiger partial charge >= 0.3 is 6.18 Å². The number of alkyl halides is 3. The zero-order valence-corrected chi connectivity index (χ0v) is 29.5. The van der Waals surface area contributed by atoms with E-state index < -0.39 is 63.6 Å². The van der Waals surface area contributed by atoms with Gasteiger partial charge in [-0.1, -0.05) is 84.2 Å². The molecule has 2 aliphatic heterocycles. The Morgan fingerprint density at radius 3 is 2.40 bits per heavy atom. The summed E-state index contributed by atoms with van der Waals surface area (Å²) in [5, 5.41) is 13.8. The molecule has 0 radical (unpaired) electrons. The Morgan fingerprint density at radius 1 is 0.962 bits per heavy atom.